The summed E-state index contributed by atoms with van der Waals surface area (Å²) >= 11 is 5.64. The van der Waals surface area contributed by atoms with Gasteiger partial charge in [-0.05, 0) is 56.5 Å². The predicted molar refractivity (Wildman–Crippen MR) is 101 cm³/mol. The quantitative estimate of drug-likeness (QED) is 0.830. The molecule has 0 aromatic heterocycles. The molecular weight excluding hydrogens is 302 g/mol. The highest BCUT2D eigenvalue weighted by molar-refractivity contribution is 7.80. The fourth-order valence-electron chi connectivity index (χ4n) is 4.16. The number of nitrogens with one attached hydrogen (secondary N) is 2. The normalized spacial score (nSPS) is 21.4. The van der Waals surface area contributed by atoms with Crippen molar-refractivity contribution in [1.29, 1.82) is 0 Å². The van der Waals surface area contributed by atoms with Crippen molar-refractivity contribution in [1.82, 2.24) is 4.90 Å². The van der Waals surface area contributed by atoms with Gasteiger partial charge in [0.1, 0.15) is 0 Å². The van der Waals surface area contributed by atoms with Crippen LogP contribution >= 0.6 is 12.2 Å². The van der Waals surface area contributed by atoms with Crippen molar-refractivity contribution in [3.63, 3.8) is 0 Å². The first-order chi connectivity index (χ1) is 11.1. The van der Waals surface area contributed by atoms with Gasteiger partial charge in [-0.2, -0.15) is 0 Å². The number of piperidine rings is 1. The molecule has 1 aliphatic carbocycles. The zero-order valence-corrected chi connectivity index (χ0v) is 15.3. The van der Waals surface area contributed by atoms with Crippen LogP contribution in [0.2, 0.25) is 0 Å². The summed E-state index contributed by atoms with van der Waals surface area (Å²) in [7, 11) is 2.42. The SMILES string of the molecule is Cc1ccccc1NC(=S)N1CCC([NH+](C)C2CCCC2)CC1. The van der Waals surface area contributed by atoms with Crippen LogP contribution in [-0.4, -0.2) is 42.2 Å². The Kier molecular flexibility index (Phi) is 5.54. The molecule has 2 N–H and O–H groups in total. The molecule has 1 aromatic carbocycles. The Morgan fingerprint density at radius 3 is 2.35 bits per heavy atom. The van der Waals surface area contributed by atoms with Crippen LogP contribution < -0.4 is 10.2 Å². The van der Waals surface area contributed by atoms with Gasteiger partial charge in [0.05, 0.1) is 19.1 Å². The number of anilines is 1. The highest BCUT2D eigenvalue weighted by atomic mass is 32.1. The van der Waals surface area contributed by atoms with Gasteiger partial charge in [0, 0.05) is 31.6 Å². The van der Waals surface area contributed by atoms with Crippen LogP contribution in [0.1, 0.15) is 44.1 Å². The first-order valence-electron chi connectivity index (χ1n) is 9.10. The number of aryl methyl sites for hydroxylation is 1. The second-order valence-electron chi connectivity index (χ2n) is 7.23. The summed E-state index contributed by atoms with van der Waals surface area (Å²) < 4.78 is 0. The van der Waals surface area contributed by atoms with Crippen molar-refractivity contribution in [2.45, 2.75) is 57.5 Å². The third-order valence-corrected chi connectivity index (χ3v) is 6.17. The van der Waals surface area contributed by atoms with Gasteiger partial charge in [0.25, 0.3) is 0 Å². The van der Waals surface area contributed by atoms with E-state index in [2.05, 4.69) is 48.5 Å². The van der Waals surface area contributed by atoms with E-state index in [9.17, 15) is 0 Å². The van der Waals surface area contributed by atoms with Gasteiger partial charge in [-0.25, -0.2) is 0 Å². The van der Waals surface area contributed by atoms with Crippen molar-refractivity contribution in [3.8, 4) is 0 Å². The summed E-state index contributed by atoms with van der Waals surface area (Å²) in [4.78, 5) is 4.13. The molecule has 1 aliphatic heterocycles. The molecule has 23 heavy (non-hydrogen) atoms. The molecular formula is C19H30N3S+. The average Bonchev–Trinajstić information content (AvgIpc) is 3.11. The number of rotatable bonds is 3. The molecule has 2 aliphatic rings. The molecule has 0 amide bonds. The van der Waals surface area contributed by atoms with E-state index in [4.69, 9.17) is 12.2 Å². The predicted octanol–water partition coefficient (Wildman–Crippen LogP) is 2.61. The van der Waals surface area contributed by atoms with E-state index < -0.39 is 0 Å². The van der Waals surface area contributed by atoms with Gasteiger partial charge in [-0.3, -0.25) is 0 Å². The van der Waals surface area contributed by atoms with E-state index in [0.29, 0.717) is 0 Å². The number of nitrogens with zero attached hydrogens (tertiary/aromatic N) is 1. The van der Waals surface area contributed by atoms with E-state index >= 15 is 0 Å². The average molecular weight is 333 g/mol. The lowest BCUT2D eigenvalue weighted by Crippen LogP contribution is -3.16. The van der Waals surface area contributed by atoms with E-state index in [-0.39, 0.29) is 0 Å². The van der Waals surface area contributed by atoms with Crippen LogP contribution in [0.4, 0.5) is 5.69 Å². The minimum Gasteiger partial charge on any atom is -0.349 e. The number of para-hydroxylation sites is 1. The Bertz CT molecular complexity index is 531. The zero-order valence-electron chi connectivity index (χ0n) is 14.5. The fraction of sp³-hybridized carbons (Fsp3) is 0.632. The summed E-state index contributed by atoms with van der Waals surface area (Å²) in [6.45, 7) is 4.30. The van der Waals surface area contributed by atoms with Crippen LogP contribution in [0.3, 0.4) is 0 Å². The fourth-order valence-corrected chi connectivity index (χ4v) is 4.45. The van der Waals surface area contributed by atoms with Crippen molar-refractivity contribution >= 4 is 23.0 Å². The van der Waals surface area contributed by atoms with Gasteiger partial charge in [-0.15, -0.1) is 0 Å². The highest BCUT2D eigenvalue weighted by Gasteiger charge is 2.32. The topological polar surface area (TPSA) is 19.7 Å². The van der Waals surface area contributed by atoms with Crippen LogP contribution in [-0.2, 0) is 0 Å². The number of hydrogen-bond acceptors (Lipinski definition) is 1. The highest BCUT2D eigenvalue weighted by Crippen LogP contribution is 2.18. The van der Waals surface area contributed by atoms with Crippen molar-refractivity contribution < 1.29 is 4.90 Å². The van der Waals surface area contributed by atoms with E-state index in [1.54, 1.807) is 4.90 Å². The number of hydrogen-bond donors (Lipinski definition) is 2. The van der Waals surface area contributed by atoms with E-state index in [1.807, 2.05) is 0 Å². The first-order valence-corrected chi connectivity index (χ1v) is 9.51. The monoisotopic (exact) mass is 332 g/mol. The molecule has 1 heterocycles. The maximum Gasteiger partial charge on any atom is 0.173 e. The second-order valence-corrected chi connectivity index (χ2v) is 7.62. The van der Waals surface area contributed by atoms with Crippen LogP contribution in [0.5, 0.6) is 0 Å². The molecule has 1 saturated carbocycles. The summed E-state index contributed by atoms with van der Waals surface area (Å²) in [5.41, 5.74) is 2.38. The third kappa shape index (κ3) is 4.04. The van der Waals surface area contributed by atoms with Crippen LogP contribution in [0.15, 0.2) is 24.3 Å². The number of quaternary nitrogens is 1. The third-order valence-electron chi connectivity index (χ3n) is 5.81. The van der Waals surface area contributed by atoms with Crippen molar-refractivity contribution in [3.05, 3.63) is 29.8 Å². The largest absolute Gasteiger partial charge is 0.349 e. The van der Waals surface area contributed by atoms with Gasteiger partial charge in [0.2, 0.25) is 0 Å². The Hall–Kier alpha value is -1.13. The molecule has 0 bridgehead atoms. The zero-order chi connectivity index (χ0) is 16.2. The minimum atomic E-state index is 0.815. The lowest BCUT2D eigenvalue weighted by atomic mass is 10.0. The second kappa shape index (κ2) is 7.63. The molecule has 3 rings (SSSR count). The van der Waals surface area contributed by atoms with Crippen LogP contribution in [0, 0.1) is 6.92 Å². The van der Waals surface area contributed by atoms with Crippen molar-refractivity contribution in [2.24, 2.45) is 0 Å². The molecule has 3 nitrogen and oxygen atoms in total. The minimum absolute atomic E-state index is 0.815. The summed E-state index contributed by atoms with van der Waals surface area (Å²) in [6.07, 6.45) is 8.25. The molecule has 2 fully saturated rings. The molecule has 1 unspecified atom stereocenters. The maximum atomic E-state index is 5.64. The van der Waals surface area contributed by atoms with E-state index in [0.717, 1.165) is 36.0 Å². The van der Waals surface area contributed by atoms with E-state index in [1.165, 1.54) is 44.1 Å². The summed E-state index contributed by atoms with van der Waals surface area (Å²) in [6, 6.07) is 10.1. The standard InChI is InChI=1S/C19H29N3S/c1-15-7-3-6-10-18(15)20-19(23)22-13-11-17(12-14-22)21(2)16-8-4-5-9-16/h3,6-7,10,16-17H,4-5,8-9,11-14H2,1-2H3,(H,20,23)/p+1. The number of thiocarbonyl (C=S) groups is 1. The first kappa shape index (κ1) is 16.7. The molecule has 1 atom stereocenters. The molecule has 4 heteroatoms. The molecule has 1 aromatic rings. The van der Waals surface area contributed by atoms with Gasteiger partial charge in [-0.1, -0.05) is 18.2 Å². The maximum absolute atomic E-state index is 5.64. The number of likely N-dealkylation sites (tertiary alicyclic amines) is 1. The Labute approximate surface area is 146 Å². The molecule has 1 saturated heterocycles. The molecule has 126 valence electrons. The lowest BCUT2D eigenvalue weighted by molar-refractivity contribution is -0.931. The Balaban J connectivity index is 1.50. The molecule has 0 spiro atoms. The summed E-state index contributed by atoms with van der Waals surface area (Å²) in [5, 5.41) is 4.32. The Morgan fingerprint density at radius 1 is 1.09 bits per heavy atom. The van der Waals surface area contributed by atoms with Crippen LogP contribution in [0.25, 0.3) is 0 Å². The van der Waals surface area contributed by atoms with Crippen molar-refractivity contribution in [2.75, 3.05) is 25.5 Å². The summed E-state index contributed by atoms with van der Waals surface area (Å²) in [5.74, 6) is 0. The van der Waals surface area contributed by atoms with Gasteiger partial charge >= 0.3 is 0 Å². The Morgan fingerprint density at radius 2 is 1.70 bits per heavy atom. The lowest BCUT2D eigenvalue weighted by Gasteiger charge is -2.38. The van der Waals surface area contributed by atoms with Gasteiger partial charge < -0.3 is 15.1 Å². The smallest absolute Gasteiger partial charge is 0.173 e. The molecule has 0 radical (unpaired) electrons. The van der Waals surface area contributed by atoms with Gasteiger partial charge in [0.15, 0.2) is 5.11 Å². The number of benzene rings is 1.